The van der Waals surface area contributed by atoms with Crippen LogP contribution in [0.5, 0.6) is 0 Å². The van der Waals surface area contributed by atoms with Gasteiger partial charge in [0.1, 0.15) is 23.7 Å². The topological polar surface area (TPSA) is 175 Å². The maximum Gasteiger partial charge on any atom is 0.407 e. The molecule has 0 aliphatic carbocycles. The number of carbonyl (C=O) groups excluding carboxylic acids is 4. The van der Waals surface area contributed by atoms with Crippen LogP contribution >= 0.6 is 0 Å². The van der Waals surface area contributed by atoms with E-state index in [0.717, 1.165) is 59.1 Å². The first-order chi connectivity index (χ1) is 28.3. The first-order valence-corrected chi connectivity index (χ1v) is 19.4. The van der Waals surface area contributed by atoms with Gasteiger partial charge in [0.2, 0.25) is 0 Å². The lowest BCUT2D eigenvalue weighted by atomic mass is 10.0. The van der Waals surface area contributed by atoms with Gasteiger partial charge in [-0.2, -0.15) is 0 Å². The fraction of sp³-hybridized carbons (Fsp3) is 0.273. The van der Waals surface area contributed by atoms with Gasteiger partial charge in [0.05, 0.1) is 49.2 Å². The average molecular weight is 781 g/mol. The normalized spacial score (nSPS) is 17.5. The summed E-state index contributed by atoms with van der Waals surface area (Å²) in [4.78, 5) is 72.4. The van der Waals surface area contributed by atoms with E-state index in [1.807, 2.05) is 84.9 Å². The molecule has 2 aliphatic heterocycles. The number of hydrogen-bond acceptors (Lipinski definition) is 8. The molecule has 4 amide bonds. The van der Waals surface area contributed by atoms with Crippen LogP contribution < -0.4 is 10.6 Å². The number of ether oxygens (including phenoxy) is 2. The zero-order valence-corrected chi connectivity index (χ0v) is 32.2. The molecular weight excluding hydrogens is 737 g/mol. The van der Waals surface area contributed by atoms with Crippen LogP contribution in [0.25, 0.3) is 33.4 Å². The minimum absolute atomic E-state index is 0.219. The third kappa shape index (κ3) is 7.73. The number of nitrogens with one attached hydrogen (secondary N) is 4. The molecule has 0 unspecified atom stereocenters. The molecule has 4 aromatic carbocycles. The predicted molar refractivity (Wildman–Crippen MR) is 216 cm³/mol. The van der Waals surface area contributed by atoms with Crippen LogP contribution in [0.15, 0.2) is 109 Å². The molecule has 2 aromatic heterocycles. The lowest BCUT2D eigenvalue weighted by Gasteiger charge is -2.28. The largest absolute Gasteiger partial charge is 0.453 e. The third-order valence-corrected chi connectivity index (χ3v) is 11.0. The fourth-order valence-corrected chi connectivity index (χ4v) is 8.04. The second-order valence-electron chi connectivity index (χ2n) is 14.5. The lowest BCUT2D eigenvalue weighted by Crippen LogP contribution is -2.42. The minimum Gasteiger partial charge on any atom is -0.453 e. The standard InChI is InChI=1S/C44H44N8O6/c1-57-43(55)49-37(29-11-5-3-6-12-29)41(53)51-23-9-15-35(51)39-45-26-34(48-39)28-19-17-27(18-20-28)31-21-22-32-33(25-31)47-40(46-32)36-16-10-24-52(36)42(54)38(50-44(56)58-2)30-13-7-4-8-14-30/h3-8,11-14,17-22,25-26,35-38H,9-10,15-16,23-24H2,1-2H3,(H,45,48)(H,46,47)(H,49,55)(H,50,56)/t35-,36-,37+,38+/m0/s1. The average Bonchev–Trinajstić information content (AvgIpc) is 4.11. The van der Waals surface area contributed by atoms with Crippen LogP contribution in [0.4, 0.5) is 9.59 Å². The SMILES string of the molecule is COC(=O)N[C@@H](C(=O)N1CCC[C@H]1c1ncc(-c2ccc(-c3ccc4nc([C@@H]5CCCN5C(=O)[C@H](NC(=O)OC)c5ccccc5)[nH]c4c3)cc2)[nH]1)c1ccccc1. The number of carbonyl (C=O) groups is 4. The molecule has 8 rings (SSSR count). The Labute approximate surface area is 335 Å². The van der Waals surface area contributed by atoms with Crippen molar-refractivity contribution in [1.82, 2.24) is 40.4 Å². The van der Waals surface area contributed by atoms with Crippen molar-refractivity contribution in [2.75, 3.05) is 27.3 Å². The summed E-state index contributed by atoms with van der Waals surface area (Å²) in [6.45, 7) is 1.09. The van der Waals surface area contributed by atoms with E-state index in [2.05, 4.69) is 38.8 Å². The summed E-state index contributed by atoms with van der Waals surface area (Å²) in [5.74, 6) is 0.948. The fourth-order valence-electron chi connectivity index (χ4n) is 8.04. The second kappa shape index (κ2) is 16.6. The van der Waals surface area contributed by atoms with Gasteiger partial charge in [-0.25, -0.2) is 19.6 Å². The summed E-state index contributed by atoms with van der Waals surface area (Å²) in [5.41, 5.74) is 6.78. The van der Waals surface area contributed by atoms with Crippen molar-refractivity contribution < 1.29 is 28.7 Å². The Balaban J connectivity index is 0.972. The molecule has 14 heteroatoms. The van der Waals surface area contributed by atoms with Crippen molar-refractivity contribution in [3.05, 3.63) is 132 Å². The molecule has 4 N–H and O–H groups in total. The molecule has 0 bridgehead atoms. The Morgan fingerprint density at radius 2 is 1.17 bits per heavy atom. The van der Waals surface area contributed by atoms with Crippen LogP contribution in [0.3, 0.4) is 0 Å². The number of hydrogen-bond donors (Lipinski definition) is 4. The van der Waals surface area contributed by atoms with Gasteiger partial charge in [0.15, 0.2) is 0 Å². The van der Waals surface area contributed by atoms with Crippen LogP contribution in [-0.2, 0) is 19.1 Å². The van der Waals surface area contributed by atoms with Crippen LogP contribution in [0, 0.1) is 0 Å². The summed E-state index contributed by atoms with van der Waals surface area (Å²) in [5, 5.41) is 5.42. The Morgan fingerprint density at radius 3 is 1.72 bits per heavy atom. The van der Waals surface area contributed by atoms with Gasteiger partial charge in [0.25, 0.3) is 11.8 Å². The van der Waals surface area contributed by atoms with E-state index in [-0.39, 0.29) is 23.9 Å². The molecule has 4 heterocycles. The monoisotopic (exact) mass is 780 g/mol. The number of methoxy groups -OCH3 is 2. The highest BCUT2D eigenvalue weighted by atomic mass is 16.5. The van der Waals surface area contributed by atoms with Crippen LogP contribution in [0.1, 0.15) is 72.6 Å². The Bertz CT molecular complexity index is 2420. The maximum absolute atomic E-state index is 14.0. The number of fused-ring (bicyclic) bond motifs is 1. The Kier molecular flexibility index (Phi) is 10.9. The lowest BCUT2D eigenvalue weighted by molar-refractivity contribution is -0.135. The van der Waals surface area contributed by atoms with Crippen molar-refractivity contribution in [2.45, 2.75) is 49.9 Å². The number of benzene rings is 4. The molecule has 2 saturated heterocycles. The smallest absolute Gasteiger partial charge is 0.407 e. The van der Waals surface area contributed by atoms with Gasteiger partial charge in [-0.15, -0.1) is 0 Å². The molecule has 6 aromatic rings. The molecule has 0 spiro atoms. The molecule has 2 aliphatic rings. The van der Waals surface area contributed by atoms with E-state index in [0.29, 0.717) is 35.9 Å². The molecule has 14 nitrogen and oxygen atoms in total. The van der Waals surface area contributed by atoms with E-state index < -0.39 is 24.3 Å². The predicted octanol–water partition coefficient (Wildman–Crippen LogP) is 7.14. The van der Waals surface area contributed by atoms with E-state index in [1.165, 1.54) is 14.2 Å². The van der Waals surface area contributed by atoms with Gasteiger partial charge in [-0.05, 0) is 65.6 Å². The number of rotatable bonds is 10. The maximum atomic E-state index is 14.0. The van der Waals surface area contributed by atoms with Crippen LogP contribution in [0.2, 0.25) is 0 Å². The quantitative estimate of drug-likeness (QED) is 0.113. The number of imidazole rings is 2. The Hall–Kier alpha value is -6.96. The third-order valence-electron chi connectivity index (χ3n) is 11.0. The first-order valence-electron chi connectivity index (χ1n) is 19.4. The summed E-state index contributed by atoms with van der Waals surface area (Å²) in [6.07, 6.45) is 3.54. The highest BCUT2D eigenvalue weighted by molar-refractivity contribution is 5.89. The van der Waals surface area contributed by atoms with Crippen molar-refractivity contribution in [3.63, 3.8) is 0 Å². The highest BCUT2D eigenvalue weighted by Gasteiger charge is 2.38. The summed E-state index contributed by atoms with van der Waals surface area (Å²) in [7, 11) is 2.56. The number of nitrogens with zero attached hydrogens (tertiary/aromatic N) is 4. The van der Waals surface area contributed by atoms with Crippen molar-refractivity contribution in [1.29, 1.82) is 0 Å². The van der Waals surface area contributed by atoms with Crippen LogP contribution in [-0.4, -0.2) is 81.0 Å². The molecule has 296 valence electrons. The van der Waals surface area contributed by atoms with E-state index in [1.54, 1.807) is 16.0 Å². The molecule has 2 fully saturated rings. The number of aromatic nitrogens is 4. The van der Waals surface area contributed by atoms with E-state index in [9.17, 15) is 19.2 Å². The van der Waals surface area contributed by atoms with E-state index in [4.69, 9.17) is 19.4 Å². The molecule has 0 radical (unpaired) electrons. The molecule has 58 heavy (non-hydrogen) atoms. The summed E-state index contributed by atoms with van der Waals surface area (Å²) >= 11 is 0. The van der Waals surface area contributed by atoms with Gasteiger partial charge in [-0.1, -0.05) is 91.0 Å². The van der Waals surface area contributed by atoms with E-state index >= 15 is 0 Å². The summed E-state index contributed by atoms with van der Waals surface area (Å²) < 4.78 is 9.66. The highest BCUT2D eigenvalue weighted by Crippen LogP contribution is 2.36. The number of H-pyrrole nitrogens is 2. The van der Waals surface area contributed by atoms with Gasteiger partial charge in [0, 0.05) is 13.1 Å². The van der Waals surface area contributed by atoms with Crippen molar-refractivity contribution in [2.24, 2.45) is 0 Å². The van der Waals surface area contributed by atoms with Crippen molar-refractivity contribution >= 4 is 35.0 Å². The second-order valence-corrected chi connectivity index (χ2v) is 14.5. The molecule has 4 atom stereocenters. The number of likely N-dealkylation sites (tertiary alicyclic amines) is 2. The first kappa shape index (κ1) is 37.9. The number of aromatic amines is 2. The zero-order valence-electron chi connectivity index (χ0n) is 32.2. The summed E-state index contributed by atoms with van der Waals surface area (Å²) in [6, 6.07) is 30.2. The van der Waals surface area contributed by atoms with Gasteiger partial charge in [-0.3, -0.25) is 9.59 Å². The number of amides is 4. The number of alkyl carbamates (subject to hydrolysis) is 2. The van der Waals surface area contributed by atoms with Gasteiger partial charge < -0.3 is 39.9 Å². The molecule has 0 saturated carbocycles. The Morgan fingerprint density at radius 1 is 0.655 bits per heavy atom. The zero-order chi connectivity index (χ0) is 40.2. The van der Waals surface area contributed by atoms with Crippen molar-refractivity contribution in [3.8, 4) is 22.4 Å². The van der Waals surface area contributed by atoms with Gasteiger partial charge >= 0.3 is 12.2 Å². The molecular formula is C44H44N8O6. The minimum atomic E-state index is -0.891.